The van der Waals surface area contributed by atoms with Gasteiger partial charge in [0.25, 0.3) is 5.91 Å². The summed E-state index contributed by atoms with van der Waals surface area (Å²) in [7, 11) is 0. The van der Waals surface area contributed by atoms with Gasteiger partial charge in [-0.1, -0.05) is 72.8 Å². The highest BCUT2D eigenvalue weighted by atomic mass is 19.4. The number of hydrogen-bond donors (Lipinski definition) is 2. The molecule has 1 heterocycles. The number of benzene rings is 4. The molecular weight excluding hydrogens is 551 g/mol. The molecule has 1 aliphatic rings. The maximum atomic E-state index is 13.2. The number of likely N-dealkylation sites (tertiary alicyclic amines) is 1. The van der Waals surface area contributed by atoms with E-state index in [1.54, 1.807) is 24.3 Å². The van der Waals surface area contributed by atoms with Crippen molar-refractivity contribution in [3.8, 4) is 11.1 Å². The largest absolute Gasteiger partial charge is 0.416 e. The third kappa shape index (κ3) is 7.14. The molecule has 0 aromatic heterocycles. The Labute approximate surface area is 249 Å². The van der Waals surface area contributed by atoms with E-state index in [0.29, 0.717) is 34.8 Å². The van der Waals surface area contributed by atoms with E-state index in [2.05, 4.69) is 15.5 Å². The van der Waals surface area contributed by atoms with Crippen molar-refractivity contribution in [2.75, 3.05) is 25.0 Å². The molecule has 8 heteroatoms. The molecule has 0 bridgehead atoms. The van der Waals surface area contributed by atoms with Gasteiger partial charge >= 0.3 is 6.18 Å². The molecule has 1 fully saturated rings. The van der Waals surface area contributed by atoms with Crippen molar-refractivity contribution in [3.63, 3.8) is 0 Å². The first-order valence-electron chi connectivity index (χ1n) is 14.5. The zero-order chi connectivity index (χ0) is 30.4. The second-order valence-corrected chi connectivity index (χ2v) is 10.7. The normalized spacial score (nSPS) is 15.1. The van der Waals surface area contributed by atoms with Crippen LogP contribution in [-0.4, -0.2) is 36.3 Å². The summed E-state index contributed by atoms with van der Waals surface area (Å²) in [5.41, 5.74) is 3.53. The van der Waals surface area contributed by atoms with Crippen LogP contribution >= 0.6 is 0 Å². The smallest absolute Gasteiger partial charge is 0.355 e. The summed E-state index contributed by atoms with van der Waals surface area (Å²) in [5, 5.41) is 5.91. The van der Waals surface area contributed by atoms with Crippen LogP contribution in [0.1, 0.15) is 58.8 Å². The molecule has 1 atom stereocenters. The fourth-order valence-electron chi connectivity index (χ4n) is 5.73. The van der Waals surface area contributed by atoms with E-state index in [1.165, 1.54) is 17.7 Å². The fraction of sp³-hybridized carbons (Fsp3) is 0.257. The van der Waals surface area contributed by atoms with Crippen molar-refractivity contribution in [2.24, 2.45) is 0 Å². The van der Waals surface area contributed by atoms with E-state index in [0.717, 1.165) is 43.6 Å². The lowest BCUT2D eigenvalue weighted by molar-refractivity contribution is -0.137. The number of halogens is 3. The van der Waals surface area contributed by atoms with Gasteiger partial charge in [0.2, 0.25) is 5.91 Å². The van der Waals surface area contributed by atoms with Gasteiger partial charge in [0, 0.05) is 17.8 Å². The average Bonchev–Trinajstić information content (AvgIpc) is 3.02. The molecule has 1 saturated heterocycles. The summed E-state index contributed by atoms with van der Waals surface area (Å²) >= 11 is 0. The molecule has 0 aliphatic carbocycles. The Bertz CT molecular complexity index is 1530. The Morgan fingerprint density at radius 1 is 0.837 bits per heavy atom. The van der Waals surface area contributed by atoms with Crippen LogP contribution in [0.3, 0.4) is 0 Å². The number of nitrogens with one attached hydrogen (secondary N) is 2. The second-order valence-electron chi connectivity index (χ2n) is 10.7. The van der Waals surface area contributed by atoms with Crippen LogP contribution in [-0.2, 0) is 11.0 Å². The molecule has 2 N–H and O–H groups in total. The number of rotatable bonds is 8. The minimum absolute atomic E-state index is 0.0205. The van der Waals surface area contributed by atoms with Crippen molar-refractivity contribution in [2.45, 2.75) is 37.9 Å². The summed E-state index contributed by atoms with van der Waals surface area (Å²) in [6.45, 7) is 4.10. The van der Waals surface area contributed by atoms with E-state index in [4.69, 9.17) is 0 Å². The molecule has 2 amide bonds. The SMILES string of the molecule is CCNC(=O)C(c1ccccc1)N1CCC(c2ccc(NC(=O)c3ccccc3-c3ccc(C(F)(F)F)cc3)cc2)CC1. The number of hydrogen-bond acceptors (Lipinski definition) is 3. The molecule has 222 valence electrons. The van der Waals surface area contributed by atoms with E-state index in [9.17, 15) is 22.8 Å². The zero-order valence-corrected chi connectivity index (χ0v) is 23.9. The van der Waals surface area contributed by atoms with Crippen molar-refractivity contribution >= 4 is 17.5 Å². The third-order valence-electron chi connectivity index (χ3n) is 7.94. The molecule has 5 nitrogen and oxygen atoms in total. The van der Waals surface area contributed by atoms with Crippen LogP contribution in [0, 0.1) is 0 Å². The minimum Gasteiger partial charge on any atom is -0.355 e. The molecular formula is C35H34F3N3O2. The number of nitrogens with zero attached hydrogens (tertiary/aromatic N) is 1. The first-order chi connectivity index (χ1) is 20.7. The van der Waals surface area contributed by atoms with Gasteiger partial charge in [-0.3, -0.25) is 14.5 Å². The van der Waals surface area contributed by atoms with Gasteiger partial charge in [0.15, 0.2) is 0 Å². The van der Waals surface area contributed by atoms with Crippen molar-refractivity contribution in [3.05, 3.63) is 125 Å². The van der Waals surface area contributed by atoms with Crippen LogP contribution in [0.4, 0.5) is 18.9 Å². The van der Waals surface area contributed by atoms with Gasteiger partial charge < -0.3 is 10.6 Å². The van der Waals surface area contributed by atoms with Crippen molar-refractivity contribution in [1.29, 1.82) is 0 Å². The van der Waals surface area contributed by atoms with Gasteiger partial charge in [0.05, 0.1) is 5.56 Å². The van der Waals surface area contributed by atoms with E-state index >= 15 is 0 Å². The van der Waals surface area contributed by atoms with Gasteiger partial charge in [-0.15, -0.1) is 0 Å². The molecule has 0 spiro atoms. The lowest BCUT2D eigenvalue weighted by Crippen LogP contribution is -2.44. The number of anilines is 1. The van der Waals surface area contributed by atoms with Crippen LogP contribution < -0.4 is 10.6 Å². The summed E-state index contributed by atoms with van der Waals surface area (Å²) in [4.78, 5) is 28.4. The quantitative estimate of drug-likeness (QED) is 0.223. The van der Waals surface area contributed by atoms with Gasteiger partial charge in [-0.2, -0.15) is 13.2 Å². The predicted molar refractivity (Wildman–Crippen MR) is 163 cm³/mol. The molecule has 0 radical (unpaired) electrons. The monoisotopic (exact) mass is 585 g/mol. The zero-order valence-electron chi connectivity index (χ0n) is 23.9. The molecule has 1 unspecified atom stereocenters. The highest BCUT2D eigenvalue weighted by Gasteiger charge is 2.32. The lowest BCUT2D eigenvalue weighted by Gasteiger charge is -2.37. The number of piperidine rings is 1. The summed E-state index contributed by atoms with van der Waals surface area (Å²) < 4.78 is 39.0. The number of likely N-dealkylation sites (N-methyl/N-ethyl adjacent to an activating group) is 1. The number of amides is 2. The molecule has 4 aromatic carbocycles. The topological polar surface area (TPSA) is 61.4 Å². The molecule has 1 aliphatic heterocycles. The van der Waals surface area contributed by atoms with Crippen LogP contribution in [0.25, 0.3) is 11.1 Å². The average molecular weight is 586 g/mol. The maximum absolute atomic E-state index is 13.2. The standard InChI is InChI=1S/C35H34F3N3O2/c1-2-39-34(43)32(27-8-4-3-5-9-27)41-22-20-25(21-23-41)24-14-18-29(19-15-24)40-33(42)31-11-7-6-10-30(31)26-12-16-28(17-13-26)35(36,37)38/h3-19,25,32H,2,20-23H2,1H3,(H,39,43)(H,40,42). The van der Waals surface area contributed by atoms with Crippen LogP contribution in [0.2, 0.25) is 0 Å². The Morgan fingerprint density at radius 2 is 1.47 bits per heavy atom. The second kappa shape index (κ2) is 13.3. The Kier molecular flexibility index (Phi) is 9.26. The van der Waals surface area contributed by atoms with Gasteiger partial charge in [0.1, 0.15) is 6.04 Å². The molecule has 43 heavy (non-hydrogen) atoms. The fourth-order valence-corrected chi connectivity index (χ4v) is 5.73. The van der Waals surface area contributed by atoms with Gasteiger partial charge in [-0.25, -0.2) is 0 Å². The first kappa shape index (κ1) is 30.0. The van der Waals surface area contributed by atoms with E-state index < -0.39 is 11.7 Å². The van der Waals surface area contributed by atoms with E-state index in [1.807, 2.05) is 61.5 Å². The number of carbonyl (C=O) groups excluding carboxylic acids is 2. The maximum Gasteiger partial charge on any atom is 0.416 e. The van der Waals surface area contributed by atoms with Crippen LogP contribution in [0.15, 0.2) is 103 Å². The lowest BCUT2D eigenvalue weighted by atomic mass is 9.88. The van der Waals surface area contributed by atoms with Crippen LogP contribution in [0.5, 0.6) is 0 Å². The third-order valence-corrected chi connectivity index (χ3v) is 7.94. The Morgan fingerprint density at radius 3 is 2.09 bits per heavy atom. The van der Waals surface area contributed by atoms with Crippen molar-refractivity contribution < 1.29 is 22.8 Å². The van der Waals surface area contributed by atoms with Crippen molar-refractivity contribution in [1.82, 2.24) is 10.2 Å². The summed E-state index contributed by atoms with van der Waals surface area (Å²) in [6, 6.07) is 29.0. The Hall–Kier alpha value is -4.43. The molecule has 5 rings (SSSR count). The Balaban J connectivity index is 1.23. The highest BCUT2D eigenvalue weighted by molar-refractivity contribution is 6.08. The van der Waals surface area contributed by atoms with E-state index in [-0.39, 0.29) is 17.9 Å². The minimum atomic E-state index is -4.42. The highest BCUT2D eigenvalue weighted by Crippen LogP contribution is 2.34. The van der Waals surface area contributed by atoms with Gasteiger partial charge in [-0.05, 0) is 91.4 Å². The summed E-state index contributed by atoms with van der Waals surface area (Å²) in [5.74, 6) is 0.0214. The molecule has 0 saturated carbocycles. The first-order valence-corrected chi connectivity index (χ1v) is 14.5. The molecule has 4 aromatic rings. The predicted octanol–water partition coefficient (Wildman–Crippen LogP) is 7.68. The number of alkyl halides is 3. The summed E-state index contributed by atoms with van der Waals surface area (Å²) in [6.07, 6.45) is -2.60. The number of carbonyl (C=O) groups is 2.